The lowest BCUT2D eigenvalue weighted by atomic mass is 10.1. The van der Waals surface area contributed by atoms with Crippen LogP contribution >= 0.6 is 24.0 Å². The number of aryl methyl sites for hydroxylation is 1. The van der Waals surface area contributed by atoms with Gasteiger partial charge in [-0.15, -0.1) is 24.0 Å². The normalized spacial score (nSPS) is 20.2. The first kappa shape index (κ1) is 25.5. The van der Waals surface area contributed by atoms with Gasteiger partial charge in [0.25, 0.3) is 0 Å². The fraction of sp³-hybridized carbons (Fsp3) is 0.609. The Hall–Kier alpha value is -2.08. The lowest BCUT2D eigenvalue weighted by molar-refractivity contribution is 0.177. The van der Waals surface area contributed by atoms with Crippen molar-refractivity contribution in [3.8, 4) is 5.75 Å². The predicted molar refractivity (Wildman–Crippen MR) is 141 cm³/mol. The monoisotopic (exact) mass is 569 g/mol. The summed E-state index contributed by atoms with van der Waals surface area (Å²) in [6, 6.07) is 8.59. The number of anilines is 1. The summed E-state index contributed by atoms with van der Waals surface area (Å²) >= 11 is 0. The number of nitrogens with one attached hydrogen (secondary N) is 2. The Labute approximate surface area is 213 Å². The molecule has 182 valence electrons. The fourth-order valence-corrected chi connectivity index (χ4v) is 4.43. The Bertz CT molecular complexity index is 920. The number of benzene rings is 1. The van der Waals surface area contributed by atoms with E-state index in [9.17, 15) is 0 Å². The third-order valence-corrected chi connectivity index (χ3v) is 6.07. The predicted octanol–water partition coefficient (Wildman–Crippen LogP) is 2.45. The average Bonchev–Trinajstić information content (AvgIpc) is 3.44. The van der Waals surface area contributed by atoms with Crippen molar-refractivity contribution in [3.63, 3.8) is 0 Å². The second-order valence-corrected chi connectivity index (χ2v) is 8.46. The number of nitrogens with zero attached hydrogens (tertiary/aromatic N) is 5. The summed E-state index contributed by atoms with van der Waals surface area (Å²) in [6.45, 7) is 7.08. The molecule has 2 aliphatic rings. The van der Waals surface area contributed by atoms with Crippen LogP contribution in [0.15, 0.2) is 29.3 Å². The van der Waals surface area contributed by atoms with E-state index in [0.29, 0.717) is 12.5 Å². The Balaban J connectivity index is 0.00000306. The van der Waals surface area contributed by atoms with Gasteiger partial charge in [-0.1, -0.05) is 6.07 Å². The van der Waals surface area contributed by atoms with E-state index >= 15 is 0 Å². The fourth-order valence-electron chi connectivity index (χ4n) is 4.43. The molecule has 1 saturated heterocycles. The maximum absolute atomic E-state index is 5.37. The summed E-state index contributed by atoms with van der Waals surface area (Å²) in [5.41, 5.74) is 1.22. The number of guanidine groups is 1. The van der Waals surface area contributed by atoms with Crippen LogP contribution in [0.25, 0.3) is 0 Å². The molecule has 2 atom stereocenters. The molecule has 0 aliphatic carbocycles. The molecule has 0 amide bonds. The molecule has 0 spiro atoms. The Kier molecular flexibility index (Phi) is 9.60. The topological polar surface area (TPSA) is 88.8 Å². The number of fused-ring (bicyclic) bond motifs is 1. The number of halogens is 1. The molecule has 9 nitrogen and oxygen atoms in total. The second kappa shape index (κ2) is 12.4. The minimum atomic E-state index is 0. The maximum atomic E-state index is 5.37. The van der Waals surface area contributed by atoms with E-state index in [4.69, 9.17) is 14.5 Å². The number of methoxy groups -OCH3 is 2. The van der Waals surface area contributed by atoms with Gasteiger partial charge >= 0.3 is 0 Å². The zero-order valence-electron chi connectivity index (χ0n) is 19.8. The van der Waals surface area contributed by atoms with Gasteiger partial charge in [0.05, 0.1) is 13.7 Å². The Morgan fingerprint density at radius 3 is 2.91 bits per heavy atom. The Morgan fingerprint density at radius 1 is 1.24 bits per heavy atom. The van der Waals surface area contributed by atoms with Crippen molar-refractivity contribution in [2.24, 2.45) is 10.9 Å². The van der Waals surface area contributed by atoms with Gasteiger partial charge in [-0.3, -0.25) is 4.99 Å². The van der Waals surface area contributed by atoms with Crippen molar-refractivity contribution in [2.45, 2.75) is 45.4 Å². The maximum Gasteiger partial charge on any atom is 0.191 e. The van der Waals surface area contributed by atoms with Gasteiger partial charge in [0.1, 0.15) is 18.2 Å². The smallest absolute Gasteiger partial charge is 0.191 e. The van der Waals surface area contributed by atoms with Crippen LogP contribution in [0, 0.1) is 5.92 Å². The van der Waals surface area contributed by atoms with Crippen molar-refractivity contribution >= 4 is 35.6 Å². The van der Waals surface area contributed by atoms with Crippen LogP contribution < -0.4 is 20.3 Å². The summed E-state index contributed by atoms with van der Waals surface area (Å²) in [6.07, 6.45) is 3.07. The van der Waals surface area contributed by atoms with Crippen LogP contribution in [0.3, 0.4) is 0 Å². The van der Waals surface area contributed by atoms with Gasteiger partial charge in [-0.05, 0) is 37.8 Å². The van der Waals surface area contributed by atoms with Crippen LogP contribution in [0.2, 0.25) is 0 Å². The highest BCUT2D eigenvalue weighted by Gasteiger charge is 2.24. The van der Waals surface area contributed by atoms with Crippen LogP contribution in [-0.4, -0.2) is 67.2 Å². The molecule has 0 radical (unpaired) electrons. The summed E-state index contributed by atoms with van der Waals surface area (Å²) in [5, 5.41) is 11.6. The lowest BCUT2D eigenvalue weighted by Crippen LogP contribution is -2.47. The van der Waals surface area contributed by atoms with Crippen LogP contribution in [0.1, 0.15) is 31.4 Å². The second-order valence-electron chi connectivity index (χ2n) is 8.46. The van der Waals surface area contributed by atoms with Gasteiger partial charge in [-0.25, -0.2) is 9.67 Å². The number of aliphatic imine (C=N–C) groups is 1. The highest BCUT2D eigenvalue weighted by atomic mass is 127. The molecule has 1 aromatic carbocycles. The molecular formula is C23H36IN7O2. The molecule has 33 heavy (non-hydrogen) atoms. The van der Waals surface area contributed by atoms with E-state index in [2.05, 4.69) is 50.7 Å². The minimum Gasteiger partial charge on any atom is -0.497 e. The molecule has 0 saturated carbocycles. The molecular weight excluding hydrogens is 533 g/mol. The van der Waals surface area contributed by atoms with E-state index in [1.807, 2.05) is 10.7 Å². The van der Waals surface area contributed by atoms with Gasteiger partial charge in [0, 0.05) is 57.5 Å². The molecule has 0 bridgehead atoms. The first-order chi connectivity index (χ1) is 15.7. The van der Waals surface area contributed by atoms with Gasteiger partial charge in [-0.2, -0.15) is 5.10 Å². The quantitative estimate of drug-likeness (QED) is 0.287. The van der Waals surface area contributed by atoms with Crippen molar-refractivity contribution in [1.29, 1.82) is 0 Å². The molecule has 10 heteroatoms. The number of rotatable bonds is 8. The average molecular weight is 569 g/mol. The summed E-state index contributed by atoms with van der Waals surface area (Å²) in [4.78, 5) is 11.9. The third-order valence-electron chi connectivity index (χ3n) is 6.07. The summed E-state index contributed by atoms with van der Waals surface area (Å²) in [7, 11) is 3.38. The van der Waals surface area contributed by atoms with Crippen LogP contribution in [0.4, 0.5) is 5.69 Å². The zero-order chi connectivity index (χ0) is 22.3. The molecule has 1 aromatic heterocycles. The van der Waals surface area contributed by atoms with E-state index in [1.54, 1.807) is 14.2 Å². The SMILES string of the molecule is CCNC(=NCC1CCN(c2cccc(OC)c2)C1)NC1CCc2nc(COC)nn2C1.I. The van der Waals surface area contributed by atoms with E-state index in [-0.39, 0.29) is 30.0 Å². The molecule has 3 heterocycles. The highest BCUT2D eigenvalue weighted by molar-refractivity contribution is 14.0. The first-order valence-corrected chi connectivity index (χ1v) is 11.5. The molecule has 1 fully saturated rings. The van der Waals surface area contributed by atoms with E-state index < -0.39 is 0 Å². The largest absolute Gasteiger partial charge is 0.497 e. The van der Waals surface area contributed by atoms with Gasteiger partial charge in [0.15, 0.2) is 11.8 Å². The number of hydrogen-bond donors (Lipinski definition) is 2. The number of aromatic nitrogens is 3. The number of ether oxygens (including phenoxy) is 2. The van der Waals surface area contributed by atoms with Crippen molar-refractivity contribution < 1.29 is 9.47 Å². The molecule has 4 rings (SSSR count). The van der Waals surface area contributed by atoms with Crippen molar-refractivity contribution in [3.05, 3.63) is 35.9 Å². The standard InChI is InChI=1S/C23H35N7O2.HI/c1-4-24-23(26-18-8-9-22-27-21(16-31-2)28-30(22)15-18)25-13-17-10-11-29(14-17)19-6-5-7-20(12-19)32-3;/h5-7,12,17-18H,4,8-11,13-16H2,1-3H3,(H2,24,25,26);1H. The van der Waals surface area contributed by atoms with Gasteiger partial charge < -0.3 is 25.0 Å². The Morgan fingerprint density at radius 2 is 2.12 bits per heavy atom. The van der Waals surface area contributed by atoms with Crippen molar-refractivity contribution in [2.75, 3.05) is 45.3 Å². The van der Waals surface area contributed by atoms with Crippen LogP contribution in [-0.2, 0) is 24.3 Å². The summed E-state index contributed by atoms with van der Waals surface area (Å²) in [5.74, 6) is 4.13. The first-order valence-electron chi connectivity index (χ1n) is 11.5. The van der Waals surface area contributed by atoms with Gasteiger partial charge in [0.2, 0.25) is 0 Å². The number of hydrogen-bond acceptors (Lipinski definition) is 6. The molecule has 2 aromatic rings. The van der Waals surface area contributed by atoms with E-state index in [1.165, 1.54) is 5.69 Å². The highest BCUT2D eigenvalue weighted by Crippen LogP contribution is 2.27. The van der Waals surface area contributed by atoms with Crippen LogP contribution in [0.5, 0.6) is 5.75 Å². The lowest BCUT2D eigenvalue weighted by Gasteiger charge is -2.25. The summed E-state index contributed by atoms with van der Waals surface area (Å²) < 4.78 is 12.5. The molecule has 2 unspecified atom stereocenters. The molecule has 2 aliphatic heterocycles. The van der Waals surface area contributed by atoms with E-state index in [0.717, 1.165) is 75.3 Å². The zero-order valence-corrected chi connectivity index (χ0v) is 22.1. The third kappa shape index (κ3) is 6.72. The van der Waals surface area contributed by atoms with Crippen molar-refractivity contribution in [1.82, 2.24) is 25.4 Å². The minimum absolute atomic E-state index is 0. The molecule has 2 N–H and O–H groups in total.